The van der Waals surface area contributed by atoms with Crippen LogP contribution in [0.4, 0.5) is 4.79 Å². The zero-order valence-electron chi connectivity index (χ0n) is 9.58. The van der Waals surface area contributed by atoms with E-state index in [1.165, 1.54) is 0 Å². The van der Waals surface area contributed by atoms with Crippen molar-refractivity contribution in [1.82, 2.24) is 9.99 Å². The van der Waals surface area contributed by atoms with Crippen LogP contribution in [0.2, 0.25) is 0 Å². The van der Waals surface area contributed by atoms with E-state index in [0.29, 0.717) is 0 Å². The van der Waals surface area contributed by atoms with Crippen molar-refractivity contribution in [3.05, 3.63) is 0 Å². The Hall–Kier alpha value is -1.11. The van der Waals surface area contributed by atoms with E-state index < -0.39 is 25.8 Å². The number of carboxylic acid groups (broad SMARTS) is 1. The maximum absolute atomic E-state index is 12.1. The van der Waals surface area contributed by atoms with E-state index in [1.807, 2.05) is 5.32 Å². The van der Waals surface area contributed by atoms with E-state index in [9.17, 15) is 14.2 Å². The second-order valence-corrected chi connectivity index (χ2v) is 5.16. The number of carbonyl (C=O) groups is 2. The van der Waals surface area contributed by atoms with Gasteiger partial charge in [-0.25, -0.2) is 14.0 Å². The van der Waals surface area contributed by atoms with E-state index in [4.69, 9.17) is 14.2 Å². The molecule has 8 nitrogen and oxygen atoms in total. The molecule has 0 spiro atoms. The van der Waals surface area contributed by atoms with Crippen LogP contribution in [0.5, 0.6) is 0 Å². The van der Waals surface area contributed by atoms with Gasteiger partial charge in [0.15, 0.2) is 0 Å². The molecule has 1 saturated heterocycles. The predicted molar refractivity (Wildman–Crippen MR) is 57.5 cm³/mol. The van der Waals surface area contributed by atoms with Gasteiger partial charge < -0.3 is 10.4 Å². The Kier molecular flexibility index (Phi) is 4.50. The SMILES string of the molecule is CCOP(=O)(OCC)N1C[C@H](NC(=O)O)C1=O. The average Bonchev–Trinajstić information content (AvgIpc) is 2.23. The summed E-state index contributed by atoms with van der Waals surface area (Å²) in [5, 5.41) is 10.5. The van der Waals surface area contributed by atoms with Crippen LogP contribution in [-0.2, 0) is 18.4 Å². The van der Waals surface area contributed by atoms with Crippen LogP contribution in [0.1, 0.15) is 13.8 Å². The summed E-state index contributed by atoms with van der Waals surface area (Å²) < 4.78 is 23.0. The third-order valence-electron chi connectivity index (χ3n) is 2.09. The molecule has 2 N–H and O–H groups in total. The topological polar surface area (TPSA) is 105 Å². The van der Waals surface area contributed by atoms with Crippen molar-refractivity contribution in [3.8, 4) is 0 Å². The van der Waals surface area contributed by atoms with Crippen LogP contribution in [-0.4, -0.2) is 47.6 Å². The molecule has 1 aliphatic rings. The monoisotopic (exact) mass is 266 g/mol. The first kappa shape index (κ1) is 14.0. The van der Waals surface area contributed by atoms with Crippen molar-refractivity contribution < 1.29 is 28.3 Å². The maximum Gasteiger partial charge on any atom is 0.437 e. The number of β-lactam (4-membered cyclic amide) rings is 1. The van der Waals surface area contributed by atoms with Gasteiger partial charge in [0.25, 0.3) is 5.91 Å². The fourth-order valence-electron chi connectivity index (χ4n) is 1.39. The third kappa shape index (κ3) is 2.96. The Labute approximate surface area is 98.5 Å². The molecule has 0 aromatic heterocycles. The molecular formula is C8H15N2O6P. The van der Waals surface area contributed by atoms with Gasteiger partial charge in [-0.05, 0) is 13.8 Å². The molecule has 1 atom stereocenters. The highest BCUT2D eigenvalue weighted by atomic mass is 31.2. The molecule has 0 aromatic rings. The largest absolute Gasteiger partial charge is 0.465 e. The van der Waals surface area contributed by atoms with Crippen molar-refractivity contribution >= 4 is 19.7 Å². The summed E-state index contributed by atoms with van der Waals surface area (Å²) in [6, 6.07) is -0.873. The Morgan fingerprint density at radius 1 is 1.53 bits per heavy atom. The highest BCUT2D eigenvalue weighted by Crippen LogP contribution is 2.54. The summed E-state index contributed by atoms with van der Waals surface area (Å²) in [4.78, 5) is 21.9. The molecular weight excluding hydrogens is 251 g/mol. The lowest BCUT2D eigenvalue weighted by Gasteiger charge is -2.40. The lowest BCUT2D eigenvalue weighted by molar-refractivity contribution is -0.138. The maximum atomic E-state index is 12.1. The predicted octanol–water partition coefficient (Wildman–Crippen LogP) is 0.646. The summed E-state index contributed by atoms with van der Waals surface area (Å²) in [6.45, 7) is 3.52. The van der Waals surface area contributed by atoms with Crippen molar-refractivity contribution in [1.29, 1.82) is 0 Å². The van der Waals surface area contributed by atoms with Gasteiger partial charge >= 0.3 is 13.8 Å². The molecule has 1 fully saturated rings. The minimum absolute atomic E-state index is 0.0115. The van der Waals surface area contributed by atoms with Crippen molar-refractivity contribution in [2.45, 2.75) is 19.9 Å². The van der Waals surface area contributed by atoms with E-state index in [1.54, 1.807) is 13.8 Å². The molecule has 17 heavy (non-hydrogen) atoms. The van der Waals surface area contributed by atoms with Gasteiger partial charge in [0, 0.05) is 0 Å². The lowest BCUT2D eigenvalue weighted by Crippen LogP contribution is -2.62. The van der Waals surface area contributed by atoms with Crippen molar-refractivity contribution in [3.63, 3.8) is 0 Å². The molecule has 0 aromatic carbocycles. The molecule has 0 radical (unpaired) electrons. The van der Waals surface area contributed by atoms with Crippen molar-refractivity contribution in [2.75, 3.05) is 19.8 Å². The van der Waals surface area contributed by atoms with Crippen LogP contribution >= 0.6 is 7.75 Å². The smallest absolute Gasteiger partial charge is 0.437 e. The Balaban J connectivity index is 2.65. The minimum Gasteiger partial charge on any atom is -0.465 e. The third-order valence-corrected chi connectivity index (χ3v) is 4.21. The first-order chi connectivity index (χ1) is 7.94. The minimum atomic E-state index is -3.61. The van der Waals surface area contributed by atoms with E-state index >= 15 is 0 Å². The van der Waals surface area contributed by atoms with Gasteiger partial charge in [-0.3, -0.25) is 13.8 Å². The number of nitrogens with zero attached hydrogens (tertiary/aromatic N) is 1. The van der Waals surface area contributed by atoms with Crippen molar-refractivity contribution in [2.24, 2.45) is 0 Å². The first-order valence-corrected chi connectivity index (χ1v) is 6.64. The quantitative estimate of drug-likeness (QED) is 0.540. The number of carbonyl (C=O) groups excluding carboxylic acids is 1. The van der Waals surface area contributed by atoms with E-state index in [-0.39, 0.29) is 19.8 Å². The number of amides is 2. The fraction of sp³-hybridized carbons (Fsp3) is 0.750. The van der Waals surface area contributed by atoms with E-state index in [0.717, 1.165) is 4.67 Å². The van der Waals surface area contributed by atoms with Gasteiger partial charge in [0.1, 0.15) is 6.04 Å². The number of hydrogen-bond donors (Lipinski definition) is 2. The number of hydrogen-bond acceptors (Lipinski definition) is 5. The summed E-state index contributed by atoms with van der Waals surface area (Å²) in [5.74, 6) is -0.599. The lowest BCUT2D eigenvalue weighted by atomic mass is 10.2. The van der Waals surface area contributed by atoms with Gasteiger partial charge in [-0.1, -0.05) is 0 Å². The molecule has 1 rings (SSSR count). The first-order valence-electron chi connectivity index (χ1n) is 5.15. The number of nitrogens with one attached hydrogen (secondary N) is 1. The highest BCUT2D eigenvalue weighted by Gasteiger charge is 2.49. The van der Waals surface area contributed by atoms with Gasteiger partial charge in [-0.15, -0.1) is 0 Å². The van der Waals surface area contributed by atoms with Gasteiger partial charge in [0.2, 0.25) is 0 Å². The average molecular weight is 266 g/mol. The standard InChI is InChI=1S/C8H15N2O6P/c1-3-15-17(14,16-4-2)10-5-6(7(10)11)9-8(12)13/h6,9H,3-5H2,1-2H3,(H,12,13)/t6-/m0/s1. The second kappa shape index (κ2) is 5.48. The molecule has 0 bridgehead atoms. The van der Waals surface area contributed by atoms with Crippen LogP contribution in [0, 0.1) is 0 Å². The molecule has 1 heterocycles. The zero-order chi connectivity index (χ0) is 13.1. The number of rotatable bonds is 6. The molecule has 98 valence electrons. The molecule has 0 aliphatic carbocycles. The molecule has 2 amide bonds. The molecule has 0 unspecified atom stereocenters. The summed E-state index contributed by atoms with van der Waals surface area (Å²) in [5.41, 5.74) is 0. The summed E-state index contributed by atoms with van der Waals surface area (Å²) in [6.07, 6.45) is -1.30. The van der Waals surface area contributed by atoms with Crippen LogP contribution in [0.3, 0.4) is 0 Å². The normalized spacial score (nSPS) is 20.0. The molecule has 0 saturated carbocycles. The summed E-state index contributed by atoms with van der Waals surface area (Å²) >= 11 is 0. The zero-order valence-corrected chi connectivity index (χ0v) is 10.5. The van der Waals surface area contributed by atoms with Gasteiger partial charge in [0.05, 0.1) is 19.8 Å². The molecule has 1 aliphatic heterocycles. The van der Waals surface area contributed by atoms with Crippen LogP contribution in [0.15, 0.2) is 0 Å². The summed E-state index contributed by atoms with van der Waals surface area (Å²) in [7, 11) is -3.61. The Morgan fingerprint density at radius 3 is 2.41 bits per heavy atom. The van der Waals surface area contributed by atoms with Crippen LogP contribution < -0.4 is 5.32 Å². The Bertz CT molecular complexity index is 350. The van der Waals surface area contributed by atoms with E-state index in [2.05, 4.69) is 0 Å². The Morgan fingerprint density at radius 2 is 2.06 bits per heavy atom. The van der Waals surface area contributed by atoms with Crippen LogP contribution in [0.25, 0.3) is 0 Å². The fourth-order valence-corrected chi connectivity index (χ4v) is 3.14. The molecule has 9 heteroatoms. The second-order valence-electron chi connectivity index (χ2n) is 3.23. The van der Waals surface area contributed by atoms with Gasteiger partial charge in [-0.2, -0.15) is 0 Å². The highest BCUT2D eigenvalue weighted by molar-refractivity contribution is 7.52.